The molecule has 0 aromatic heterocycles. The quantitative estimate of drug-likeness (QED) is 0.863. The maximum Gasteiger partial charge on any atom is 0.309 e. The lowest BCUT2D eigenvalue weighted by atomic mass is 9.64. The van der Waals surface area contributed by atoms with Crippen LogP contribution in [-0.2, 0) is 10.4 Å². The van der Waals surface area contributed by atoms with Crippen LogP contribution in [0.4, 0.5) is 0 Å². The Morgan fingerprint density at radius 2 is 1.86 bits per heavy atom. The third-order valence-electron chi connectivity index (χ3n) is 5.17. The van der Waals surface area contributed by atoms with Gasteiger partial charge in [0.25, 0.3) is 0 Å². The zero-order valence-corrected chi connectivity index (χ0v) is 13.0. The molecule has 1 aromatic carbocycles. The molecule has 3 nitrogen and oxygen atoms in total. The molecule has 1 unspecified atom stereocenters. The van der Waals surface area contributed by atoms with E-state index in [4.69, 9.17) is 0 Å². The van der Waals surface area contributed by atoms with Gasteiger partial charge in [0.2, 0.25) is 0 Å². The number of hydrogen-bond donors (Lipinski definition) is 2. The molecule has 0 spiro atoms. The first-order valence-corrected chi connectivity index (χ1v) is 7.91. The topological polar surface area (TPSA) is 57.5 Å². The van der Waals surface area contributed by atoms with Crippen molar-refractivity contribution in [2.24, 2.45) is 11.3 Å². The van der Waals surface area contributed by atoms with Crippen LogP contribution >= 0.6 is 0 Å². The van der Waals surface area contributed by atoms with Crippen molar-refractivity contribution in [3.05, 3.63) is 35.9 Å². The molecule has 1 saturated carbocycles. The minimum Gasteiger partial charge on any atom is -0.481 e. The van der Waals surface area contributed by atoms with Crippen LogP contribution in [0.1, 0.15) is 57.9 Å². The third-order valence-corrected chi connectivity index (χ3v) is 5.17. The molecule has 0 heterocycles. The molecule has 2 rings (SSSR count). The molecular weight excluding hydrogens is 264 g/mol. The van der Waals surface area contributed by atoms with Crippen LogP contribution in [0.15, 0.2) is 30.3 Å². The van der Waals surface area contributed by atoms with Crippen molar-refractivity contribution in [3.8, 4) is 0 Å². The van der Waals surface area contributed by atoms with E-state index in [0.29, 0.717) is 18.8 Å². The maximum absolute atomic E-state index is 11.9. The Labute approximate surface area is 127 Å². The first kappa shape index (κ1) is 16.0. The summed E-state index contributed by atoms with van der Waals surface area (Å²) in [6.07, 6.45) is 4.65. The number of carboxylic acid groups (broad SMARTS) is 1. The lowest BCUT2D eigenvalue weighted by Crippen LogP contribution is -2.41. The van der Waals surface area contributed by atoms with E-state index >= 15 is 0 Å². The van der Waals surface area contributed by atoms with Crippen molar-refractivity contribution in [3.63, 3.8) is 0 Å². The van der Waals surface area contributed by atoms with E-state index in [0.717, 1.165) is 24.8 Å². The van der Waals surface area contributed by atoms with E-state index in [-0.39, 0.29) is 6.42 Å². The molecular formula is C18H26O3. The van der Waals surface area contributed by atoms with E-state index in [1.807, 2.05) is 30.3 Å². The Balaban J connectivity index is 2.19. The molecule has 2 N–H and O–H groups in total. The normalized spacial score (nSPS) is 28.8. The molecule has 0 bridgehead atoms. The molecule has 21 heavy (non-hydrogen) atoms. The molecule has 3 heteroatoms. The van der Waals surface area contributed by atoms with E-state index in [9.17, 15) is 15.0 Å². The number of rotatable bonds is 5. The number of benzene rings is 1. The fourth-order valence-corrected chi connectivity index (χ4v) is 3.66. The monoisotopic (exact) mass is 290 g/mol. The van der Waals surface area contributed by atoms with Gasteiger partial charge >= 0.3 is 5.97 Å². The van der Waals surface area contributed by atoms with Gasteiger partial charge in [0.15, 0.2) is 0 Å². The third kappa shape index (κ3) is 3.46. The zero-order valence-electron chi connectivity index (χ0n) is 13.0. The maximum atomic E-state index is 11.9. The van der Waals surface area contributed by atoms with Crippen LogP contribution < -0.4 is 0 Å². The summed E-state index contributed by atoms with van der Waals surface area (Å²) in [7, 11) is 0. The van der Waals surface area contributed by atoms with E-state index in [1.54, 1.807) is 6.92 Å². The van der Waals surface area contributed by atoms with Crippen molar-refractivity contribution in [2.75, 3.05) is 0 Å². The highest BCUT2D eigenvalue weighted by Crippen LogP contribution is 2.47. The van der Waals surface area contributed by atoms with Crippen LogP contribution in [0.3, 0.4) is 0 Å². The molecule has 1 fully saturated rings. The summed E-state index contributed by atoms with van der Waals surface area (Å²) in [4.78, 5) is 11.9. The average molecular weight is 290 g/mol. The van der Waals surface area contributed by atoms with Crippen molar-refractivity contribution in [1.29, 1.82) is 0 Å². The van der Waals surface area contributed by atoms with Gasteiger partial charge in [-0.2, -0.15) is 0 Å². The average Bonchev–Trinajstić information content (AvgIpc) is 2.48. The van der Waals surface area contributed by atoms with Crippen LogP contribution in [0, 0.1) is 11.3 Å². The van der Waals surface area contributed by atoms with Crippen molar-refractivity contribution in [2.45, 2.75) is 58.0 Å². The van der Waals surface area contributed by atoms with Gasteiger partial charge in [-0.3, -0.25) is 4.79 Å². The summed E-state index contributed by atoms with van der Waals surface area (Å²) >= 11 is 0. The first-order chi connectivity index (χ1) is 9.89. The Kier molecular flexibility index (Phi) is 4.72. The Morgan fingerprint density at radius 1 is 1.29 bits per heavy atom. The Hall–Kier alpha value is -1.35. The minimum atomic E-state index is -1.10. The first-order valence-electron chi connectivity index (χ1n) is 7.91. The van der Waals surface area contributed by atoms with Gasteiger partial charge in [-0.1, -0.05) is 43.7 Å². The van der Waals surface area contributed by atoms with Crippen LogP contribution in [0.2, 0.25) is 0 Å². The molecule has 1 atom stereocenters. The minimum absolute atomic E-state index is 0.287. The predicted molar refractivity (Wildman–Crippen MR) is 82.9 cm³/mol. The summed E-state index contributed by atoms with van der Waals surface area (Å²) in [5.74, 6) is -0.118. The zero-order chi connectivity index (χ0) is 15.5. The highest BCUT2D eigenvalue weighted by atomic mass is 16.4. The SMILES string of the molecule is CCC1CCC(CC(C)(O)c2ccccc2)(C(=O)O)CC1. The second-order valence-corrected chi connectivity index (χ2v) is 6.75. The standard InChI is InChI=1S/C18H26O3/c1-3-14-9-11-18(12-10-14,16(19)20)13-17(2,21)15-7-5-4-6-8-15/h4-8,14,21H,3,9-13H2,1-2H3,(H,19,20). The highest BCUT2D eigenvalue weighted by molar-refractivity contribution is 5.75. The molecule has 0 amide bonds. The molecule has 0 radical (unpaired) electrons. The number of carbonyl (C=O) groups is 1. The van der Waals surface area contributed by atoms with E-state index in [2.05, 4.69) is 6.92 Å². The second kappa shape index (κ2) is 6.18. The molecule has 116 valence electrons. The largest absolute Gasteiger partial charge is 0.481 e. The van der Waals surface area contributed by atoms with Crippen LogP contribution in [-0.4, -0.2) is 16.2 Å². The number of aliphatic hydroxyl groups is 1. The number of hydrogen-bond acceptors (Lipinski definition) is 2. The fourth-order valence-electron chi connectivity index (χ4n) is 3.66. The van der Waals surface area contributed by atoms with Gasteiger partial charge in [-0.25, -0.2) is 0 Å². The Morgan fingerprint density at radius 3 is 2.33 bits per heavy atom. The Bertz CT molecular complexity index is 470. The van der Waals surface area contributed by atoms with Gasteiger partial charge < -0.3 is 10.2 Å². The molecule has 1 aliphatic rings. The summed E-state index contributed by atoms with van der Waals surface area (Å²) in [5, 5.41) is 20.6. The van der Waals surface area contributed by atoms with Crippen molar-refractivity contribution < 1.29 is 15.0 Å². The lowest BCUT2D eigenvalue weighted by molar-refractivity contribution is -0.157. The van der Waals surface area contributed by atoms with E-state index in [1.165, 1.54) is 0 Å². The van der Waals surface area contributed by atoms with Gasteiger partial charge in [0, 0.05) is 0 Å². The predicted octanol–water partition coefficient (Wildman–Crippen LogP) is 3.96. The highest BCUT2D eigenvalue weighted by Gasteiger charge is 2.46. The molecule has 1 aromatic rings. The smallest absolute Gasteiger partial charge is 0.309 e. The summed E-state index contributed by atoms with van der Waals surface area (Å²) in [5.41, 5.74) is -1.09. The second-order valence-electron chi connectivity index (χ2n) is 6.75. The molecule has 0 aliphatic heterocycles. The lowest BCUT2D eigenvalue weighted by Gasteiger charge is -2.41. The van der Waals surface area contributed by atoms with Crippen molar-refractivity contribution in [1.82, 2.24) is 0 Å². The molecule has 0 saturated heterocycles. The number of aliphatic carboxylic acids is 1. The van der Waals surface area contributed by atoms with Gasteiger partial charge in [0.05, 0.1) is 11.0 Å². The summed E-state index contributed by atoms with van der Waals surface area (Å²) in [6, 6.07) is 9.40. The summed E-state index contributed by atoms with van der Waals surface area (Å²) < 4.78 is 0. The van der Waals surface area contributed by atoms with Gasteiger partial charge in [0.1, 0.15) is 0 Å². The van der Waals surface area contributed by atoms with Crippen molar-refractivity contribution >= 4 is 5.97 Å². The number of carboxylic acids is 1. The van der Waals surface area contributed by atoms with Gasteiger partial charge in [-0.05, 0) is 50.5 Å². The van der Waals surface area contributed by atoms with E-state index < -0.39 is 17.0 Å². The van der Waals surface area contributed by atoms with Crippen LogP contribution in [0.5, 0.6) is 0 Å². The summed E-state index contributed by atoms with van der Waals surface area (Å²) in [6.45, 7) is 3.90. The molecule has 1 aliphatic carbocycles. The fraction of sp³-hybridized carbons (Fsp3) is 0.611. The van der Waals surface area contributed by atoms with Gasteiger partial charge in [-0.15, -0.1) is 0 Å². The van der Waals surface area contributed by atoms with Crippen LogP contribution in [0.25, 0.3) is 0 Å².